The molecule has 0 radical (unpaired) electrons. The minimum absolute atomic E-state index is 0.179. The highest BCUT2D eigenvalue weighted by Gasteiger charge is 2.28. The predicted octanol–water partition coefficient (Wildman–Crippen LogP) is 2.89. The highest BCUT2D eigenvalue weighted by molar-refractivity contribution is 9.10. The largest absolute Gasteiger partial charge is 0.483 e. The molecule has 16 heavy (non-hydrogen) atoms. The first-order chi connectivity index (χ1) is 7.42. The summed E-state index contributed by atoms with van der Waals surface area (Å²) in [6, 6.07) is 4.91. The Hall–Kier alpha value is -0.750. The van der Waals surface area contributed by atoms with Crippen LogP contribution in [0.4, 0.5) is 13.2 Å². The summed E-state index contributed by atoms with van der Waals surface area (Å²) in [7, 11) is 0. The Balaban J connectivity index is 2.68. The van der Waals surface area contributed by atoms with Gasteiger partial charge in [-0.3, -0.25) is 0 Å². The van der Waals surface area contributed by atoms with E-state index < -0.39 is 12.8 Å². The Morgan fingerprint density at radius 3 is 2.50 bits per heavy atom. The van der Waals surface area contributed by atoms with Crippen molar-refractivity contribution < 1.29 is 17.9 Å². The van der Waals surface area contributed by atoms with Crippen LogP contribution in [-0.2, 0) is 6.42 Å². The third kappa shape index (κ3) is 4.40. The third-order valence-electron chi connectivity index (χ3n) is 1.82. The van der Waals surface area contributed by atoms with Crippen molar-refractivity contribution in [2.45, 2.75) is 12.6 Å². The molecule has 0 saturated carbocycles. The maximum Gasteiger partial charge on any atom is 0.422 e. The number of benzene rings is 1. The zero-order valence-corrected chi connectivity index (χ0v) is 9.94. The summed E-state index contributed by atoms with van der Waals surface area (Å²) >= 11 is 3.15. The van der Waals surface area contributed by atoms with Crippen LogP contribution in [0.25, 0.3) is 0 Å². The molecule has 0 unspecified atom stereocenters. The van der Waals surface area contributed by atoms with Gasteiger partial charge in [-0.2, -0.15) is 13.2 Å². The van der Waals surface area contributed by atoms with Gasteiger partial charge in [-0.1, -0.05) is 6.07 Å². The summed E-state index contributed by atoms with van der Waals surface area (Å²) in [5.74, 6) is 0.179. The van der Waals surface area contributed by atoms with Gasteiger partial charge in [0, 0.05) is 0 Å². The summed E-state index contributed by atoms with van der Waals surface area (Å²) in [5, 5.41) is 0. The van der Waals surface area contributed by atoms with Gasteiger partial charge in [-0.05, 0) is 46.6 Å². The van der Waals surface area contributed by atoms with Crippen LogP contribution in [0.2, 0.25) is 0 Å². The Kier molecular flexibility index (Phi) is 4.61. The van der Waals surface area contributed by atoms with E-state index in [1.807, 2.05) is 0 Å². The fourth-order valence-electron chi connectivity index (χ4n) is 1.14. The average Bonchev–Trinajstić information content (AvgIpc) is 2.15. The number of halogens is 4. The first-order valence-electron chi connectivity index (χ1n) is 4.60. The lowest BCUT2D eigenvalue weighted by molar-refractivity contribution is -0.153. The van der Waals surface area contributed by atoms with E-state index in [2.05, 4.69) is 20.7 Å². The number of alkyl halides is 3. The van der Waals surface area contributed by atoms with Gasteiger partial charge in [0.1, 0.15) is 5.75 Å². The first kappa shape index (κ1) is 13.3. The van der Waals surface area contributed by atoms with E-state index in [-0.39, 0.29) is 5.75 Å². The Labute approximate surface area is 99.7 Å². The lowest BCUT2D eigenvalue weighted by Crippen LogP contribution is -2.19. The molecule has 0 spiro atoms. The first-order valence-corrected chi connectivity index (χ1v) is 5.40. The summed E-state index contributed by atoms with van der Waals surface area (Å²) in [4.78, 5) is 0. The Bertz CT molecular complexity index is 354. The van der Waals surface area contributed by atoms with Crippen LogP contribution in [0.15, 0.2) is 22.7 Å². The lowest BCUT2D eigenvalue weighted by Gasteiger charge is -2.11. The SMILES string of the molecule is NCCc1ccc(OCC(F)(F)F)c(Br)c1. The Morgan fingerprint density at radius 1 is 1.31 bits per heavy atom. The molecule has 0 saturated heterocycles. The molecule has 0 aliphatic heterocycles. The second-order valence-corrected chi connectivity index (χ2v) is 4.06. The highest BCUT2D eigenvalue weighted by Crippen LogP contribution is 2.27. The van der Waals surface area contributed by atoms with Crippen molar-refractivity contribution in [1.82, 2.24) is 0 Å². The number of hydrogen-bond acceptors (Lipinski definition) is 2. The maximum atomic E-state index is 11.9. The van der Waals surface area contributed by atoms with Crippen molar-refractivity contribution in [2.24, 2.45) is 5.73 Å². The second kappa shape index (κ2) is 5.54. The molecule has 90 valence electrons. The molecule has 0 aromatic heterocycles. The second-order valence-electron chi connectivity index (χ2n) is 3.21. The van der Waals surface area contributed by atoms with Gasteiger partial charge < -0.3 is 10.5 Å². The minimum atomic E-state index is -4.32. The number of hydrogen-bond donors (Lipinski definition) is 1. The average molecular weight is 298 g/mol. The van der Waals surface area contributed by atoms with E-state index in [4.69, 9.17) is 5.73 Å². The summed E-state index contributed by atoms with van der Waals surface area (Å²) in [6.07, 6.45) is -3.65. The zero-order chi connectivity index (χ0) is 12.2. The molecule has 0 aliphatic carbocycles. The van der Waals surface area contributed by atoms with Crippen LogP contribution >= 0.6 is 15.9 Å². The van der Waals surface area contributed by atoms with E-state index in [1.54, 1.807) is 12.1 Å². The standard InChI is InChI=1S/C10H11BrF3NO/c11-8-5-7(3-4-15)1-2-9(8)16-6-10(12,13)14/h1-2,5H,3-4,6,15H2. The lowest BCUT2D eigenvalue weighted by atomic mass is 10.1. The molecule has 0 fully saturated rings. The quantitative estimate of drug-likeness (QED) is 0.927. The van der Waals surface area contributed by atoms with Gasteiger partial charge in [-0.15, -0.1) is 0 Å². The Morgan fingerprint density at radius 2 is 2.00 bits per heavy atom. The molecule has 1 rings (SSSR count). The molecule has 0 bridgehead atoms. The van der Waals surface area contributed by atoms with Gasteiger partial charge >= 0.3 is 6.18 Å². The molecule has 0 amide bonds. The van der Waals surface area contributed by atoms with Crippen molar-refractivity contribution in [3.05, 3.63) is 28.2 Å². The molecular formula is C10H11BrF3NO. The number of nitrogens with two attached hydrogens (primary N) is 1. The predicted molar refractivity (Wildman–Crippen MR) is 58.5 cm³/mol. The van der Waals surface area contributed by atoms with Gasteiger partial charge in [0.05, 0.1) is 4.47 Å². The molecule has 0 heterocycles. The normalized spacial score (nSPS) is 11.6. The van der Waals surface area contributed by atoms with Gasteiger partial charge in [0.15, 0.2) is 6.61 Å². The summed E-state index contributed by atoms with van der Waals surface area (Å²) in [5.41, 5.74) is 6.32. The van der Waals surface area contributed by atoms with Gasteiger partial charge in [0.2, 0.25) is 0 Å². The molecular weight excluding hydrogens is 287 g/mol. The topological polar surface area (TPSA) is 35.2 Å². The molecule has 0 aliphatic rings. The maximum absolute atomic E-state index is 11.9. The minimum Gasteiger partial charge on any atom is -0.483 e. The van der Waals surface area contributed by atoms with E-state index in [0.717, 1.165) is 5.56 Å². The summed E-state index contributed by atoms with van der Waals surface area (Å²) in [6.45, 7) is -0.795. The van der Waals surface area contributed by atoms with E-state index >= 15 is 0 Å². The van der Waals surface area contributed by atoms with Gasteiger partial charge in [-0.25, -0.2) is 0 Å². The van der Waals surface area contributed by atoms with Gasteiger partial charge in [0.25, 0.3) is 0 Å². The van der Waals surface area contributed by atoms with Crippen LogP contribution < -0.4 is 10.5 Å². The molecule has 1 aromatic carbocycles. The van der Waals surface area contributed by atoms with Crippen LogP contribution in [0, 0.1) is 0 Å². The van der Waals surface area contributed by atoms with Crippen molar-refractivity contribution >= 4 is 15.9 Å². The van der Waals surface area contributed by atoms with Crippen molar-refractivity contribution in [1.29, 1.82) is 0 Å². The van der Waals surface area contributed by atoms with E-state index in [9.17, 15) is 13.2 Å². The molecule has 1 aromatic rings. The van der Waals surface area contributed by atoms with Crippen LogP contribution in [0.1, 0.15) is 5.56 Å². The molecule has 0 atom stereocenters. The van der Waals surface area contributed by atoms with E-state index in [0.29, 0.717) is 17.4 Å². The highest BCUT2D eigenvalue weighted by atomic mass is 79.9. The van der Waals surface area contributed by atoms with Crippen LogP contribution in [0.3, 0.4) is 0 Å². The molecule has 6 heteroatoms. The monoisotopic (exact) mass is 297 g/mol. The smallest absolute Gasteiger partial charge is 0.422 e. The third-order valence-corrected chi connectivity index (χ3v) is 2.44. The number of rotatable bonds is 4. The fraction of sp³-hybridized carbons (Fsp3) is 0.400. The molecule has 2 N–H and O–H groups in total. The zero-order valence-electron chi connectivity index (χ0n) is 8.35. The van der Waals surface area contributed by atoms with Crippen LogP contribution in [0.5, 0.6) is 5.75 Å². The molecule has 2 nitrogen and oxygen atoms in total. The van der Waals surface area contributed by atoms with Crippen molar-refractivity contribution in [2.75, 3.05) is 13.2 Å². The fourth-order valence-corrected chi connectivity index (χ4v) is 1.68. The van der Waals surface area contributed by atoms with Crippen LogP contribution in [-0.4, -0.2) is 19.3 Å². The number of ether oxygens (including phenoxy) is 1. The van der Waals surface area contributed by atoms with Crippen molar-refractivity contribution in [3.8, 4) is 5.75 Å². The van der Waals surface area contributed by atoms with E-state index in [1.165, 1.54) is 6.07 Å². The van der Waals surface area contributed by atoms with Crippen molar-refractivity contribution in [3.63, 3.8) is 0 Å². The summed E-state index contributed by atoms with van der Waals surface area (Å²) < 4.78 is 40.9.